The van der Waals surface area contributed by atoms with E-state index in [1.54, 1.807) is 30.3 Å². The average Bonchev–Trinajstić information content (AvgIpc) is 3.15. The molecular formula is C24H7FN8. The van der Waals surface area contributed by atoms with Gasteiger partial charge in [0.15, 0.2) is 22.7 Å². The van der Waals surface area contributed by atoms with Gasteiger partial charge in [-0.1, -0.05) is 24.3 Å². The molecule has 0 saturated carbocycles. The Labute approximate surface area is 186 Å². The highest BCUT2D eigenvalue weighted by atomic mass is 19.1. The number of hydrogen-bond acceptors (Lipinski definition) is 7. The number of hydrogen-bond donors (Lipinski definition) is 0. The molecule has 0 spiro atoms. The first kappa shape index (κ1) is 19.5. The number of halogens is 1. The molecule has 0 N–H and O–H groups in total. The maximum absolute atomic E-state index is 13.4. The van der Waals surface area contributed by atoms with Gasteiger partial charge in [-0.25, -0.2) is 34.4 Å². The van der Waals surface area contributed by atoms with Crippen LogP contribution in [0.15, 0.2) is 48.2 Å². The molecule has 0 aliphatic heterocycles. The molecular weight excluding hydrogens is 419 g/mol. The van der Waals surface area contributed by atoms with Crippen molar-refractivity contribution in [3.8, 4) is 40.6 Å². The molecule has 2 aromatic heterocycles. The summed E-state index contributed by atoms with van der Waals surface area (Å²) in [7, 11) is 0. The maximum atomic E-state index is 13.4. The first-order chi connectivity index (χ1) is 16.1. The Kier molecular flexibility index (Phi) is 4.32. The van der Waals surface area contributed by atoms with E-state index in [0.29, 0.717) is 22.4 Å². The van der Waals surface area contributed by atoms with Gasteiger partial charge >= 0.3 is 0 Å². The van der Waals surface area contributed by atoms with E-state index in [1.807, 2.05) is 18.2 Å². The highest BCUT2D eigenvalue weighted by Crippen LogP contribution is 2.45. The molecule has 0 radical (unpaired) electrons. The number of nitriles is 3. The molecule has 1 aliphatic carbocycles. The van der Waals surface area contributed by atoms with E-state index in [1.165, 1.54) is 12.1 Å². The molecule has 0 unspecified atom stereocenters. The van der Waals surface area contributed by atoms with Crippen molar-refractivity contribution in [2.24, 2.45) is 0 Å². The Morgan fingerprint density at radius 1 is 0.788 bits per heavy atom. The second kappa shape index (κ2) is 7.32. The predicted molar refractivity (Wildman–Crippen MR) is 114 cm³/mol. The van der Waals surface area contributed by atoms with Gasteiger partial charge in [-0.15, -0.1) is 0 Å². The van der Waals surface area contributed by atoms with Crippen LogP contribution in [0.4, 0.5) is 4.39 Å². The first-order valence-electron chi connectivity index (χ1n) is 9.41. The zero-order chi connectivity index (χ0) is 23.1. The van der Waals surface area contributed by atoms with Crippen molar-refractivity contribution in [3.05, 3.63) is 88.0 Å². The van der Waals surface area contributed by atoms with Crippen molar-refractivity contribution < 1.29 is 4.39 Å². The highest BCUT2D eigenvalue weighted by molar-refractivity contribution is 6.03. The highest BCUT2D eigenvalue weighted by Gasteiger charge is 2.31. The van der Waals surface area contributed by atoms with Crippen LogP contribution in [0.5, 0.6) is 0 Å². The number of allylic oxidation sites excluding steroid dienone is 1. The van der Waals surface area contributed by atoms with E-state index in [0.717, 1.165) is 11.1 Å². The molecule has 0 fully saturated rings. The molecule has 4 aromatic rings. The summed E-state index contributed by atoms with van der Waals surface area (Å²) in [5.74, 6) is -0.360. The Balaban J connectivity index is 1.82. The van der Waals surface area contributed by atoms with Crippen LogP contribution in [0.1, 0.15) is 22.6 Å². The smallest absolute Gasteiger partial charge is 0.226 e. The largest absolute Gasteiger partial charge is 0.271 e. The zero-order valence-corrected chi connectivity index (χ0v) is 16.5. The molecule has 33 heavy (non-hydrogen) atoms. The molecule has 1 aliphatic rings. The van der Waals surface area contributed by atoms with Gasteiger partial charge in [0.2, 0.25) is 0 Å². The maximum Gasteiger partial charge on any atom is 0.271 e. The summed E-state index contributed by atoms with van der Waals surface area (Å²) in [6, 6.07) is 16.9. The van der Waals surface area contributed by atoms with E-state index in [2.05, 4.69) is 24.8 Å². The van der Waals surface area contributed by atoms with Crippen LogP contribution in [0, 0.1) is 46.4 Å². The van der Waals surface area contributed by atoms with E-state index in [4.69, 9.17) is 6.57 Å². The second-order valence-electron chi connectivity index (χ2n) is 6.93. The van der Waals surface area contributed by atoms with Crippen molar-refractivity contribution in [1.29, 1.82) is 15.8 Å². The van der Waals surface area contributed by atoms with Gasteiger partial charge in [-0.2, -0.15) is 10.5 Å². The van der Waals surface area contributed by atoms with E-state index in [9.17, 15) is 20.2 Å². The normalized spacial score (nSPS) is 12.6. The molecule has 0 atom stereocenters. The lowest BCUT2D eigenvalue weighted by Crippen LogP contribution is -2.02. The Morgan fingerprint density at radius 2 is 1.39 bits per heavy atom. The fraction of sp³-hybridized carbons (Fsp3) is 0. The van der Waals surface area contributed by atoms with Gasteiger partial charge in [-0.3, -0.25) is 0 Å². The Morgan fingerprint density at radius 3 is 1.97 bits per heavy atom. The van der Waals surface area contributed by atoms with Crippen molar-refractivity contribution in [3.63, 3.8) is 0 Å². The summed E-state index contributed by atoms with van der Waals surface area (Å²) in [6.45, 7) is 7.48. The van der Waals surface area contributed by atoms with Crippen LogP contribution < -0.4 is 0 Å². The third-order valence-corrected chi connectivity index (χ3v) is 5.14. The molecule has 8 nitrogen and oxygen atoms in total. The molecule has 5 rings (SSSR count). The quantitative estimate of drug-likeness (QED) is 0.291. The minimum atomic E-state index is -0.360. The van der Waals surface area contributed by atoms with Crippen molar-refractivity contribution in [1.82, 2.24) is 19.9 Å². The third-order valence-electron chi connectivity index (χ3n) is 5.14. The summed E-state index contributed by atoms with van der Waals surface area (Å²) < 4.78 is 13.4. The van der Waals surface area contributed by atoms with Crippen molar-refractivity contribution in [2.75, 3.05) is 0 Å². The van der Waals surface area contributed by atoms with E-state index < -0.39 is 0 Å². The summed E-state index contributed by atoms with van der Waals surface area (Å²) in [5, 5.41) is 28.1. The SMILES string of the molecule is [C-]#[N+]/C(C#N)=C1\c2cc(-c3ccc(F)cc3)ccc2-c2nc3nc(C#N)c(C#N)nc3nc21. The molecule has 0 bridgehead atoms. The fourth-order valence-electron chi connectivity index (χ4n) is 3.69. The summed E-state index contributed by atoms with van der Waals surface area (Å²) >= 11 is 0. The lowest BCUT2D eigenvalue weighted by molar-refractivity contribution is 0.628. The van der Waals surface area contributed by atoms with Gasteiger partial charge in [0.25, 0.3) is 5.70 Å². The van der Waals surface area contributed by atoms with Gasteiger partial charge in [0, 0.05) is 11.1 Å². The molecule has 150 valence electrons. The Hall–Kier alpha value is -5.51. The average molecular weight is 426 g/mol. The van der Waals surface area contributed by atoms with Gasteiger partial charge in [-0.05, 0) is 34.9 Å². The molecule has 9 heteroatoms. The summed E-state index contributed by atoms with van der Waals surface area (Å²) in [6.07, 6.45) is 0. The van der Waals surface area contributed by atoms with Gasteiger partial charge in [0.1, 0.15) is 18.0 Å². The van der Waals surface area contributed by atoms with Crippen molar-refractivity contribution in [2.45, 2.75) is 0 Å². The lowest BCUT2D eigenvalue weighted by atomic mass is 9.97. The van der Waals surface area contributed by atoms with Crippen LogP contribution in [0.2, 0.25) is 0 Å². The van der Waals surface area contributed by atoms with Crippen molar-refractivity contribution >= 4 is 16.9 Å². The van der Waals surface area contributed by atoms with E-state index >= 15 is 0 Å². The number of rotatable bonds is 1. The number of nitrogens with zero attached hydrogens (tertiary/aromatic N) is 8. The second-order valence-corrected chi connectivity index (χ2v) is 6.93. The third kappa shape index (κ3) is 2.94. The number of benzene rings is 2. The van der Waals surface area contributed by atoms with Gasteiger partial charge < -0.3 is 0 Å². The summed E-state index contributed by atoms with van der Waals surface area (Å²) in [5.41, 5.74) is 3.20. The van der Waals surface area contributed by atoms with Crippen LogP contribution in [-0.2, 0) is 0 Å². The number of fused-ring (bicyclic) bond motifs is 4. The van der Waals surface area contributed by atoms with Crippen LogP contribution in [-0.4, -0.2) is 19.9 Å². The standard InChI is InChI=1S/C24H7FN8/c1-29-19(11-28)20-16-8-13(12-2-5-14(25)6-3-12)4-7-15(16)21-22(20)33-24-23(32-21)30-17(9-26)18(10-27)31-24/h2-8H/b20-19+. The predicted octanol–water partition coefficient (Wildman–Crippen LogP) is 4.15. The monoisotopic (exact) mass is 426 g/mol. The first-order valence-corrected chi connectivity index (χ1v) is 9.41. The fourth-order valence-corrected chi connectivity index (χ4v) is 3.69. The molecule has 0 amide bonds. The molecule has 2 heterocycles. The lowest BCUT2D eigenvalue weighted by Gasteiger charge is -2.07. The zero-order valence-electron chi connectivity index (χ0n) is 16.5. The molecule has 2 aromatic carbocycles. The van der Waals surface area contributed by atoms with Crippen LogP contribution >= 0.6 is 0 Å². The number of aromatic nitrogens is 4. The Bertz CT molecular complexity index is 1690. The summed E-state index contributed by atoms with van der Waals surface area (Å²) in [4.78, 5) is 20.5. The minimum absolute atomic E-state index is 0.0237. The van der Waals surface area contributed by atoms with Crippen LogP contribution in [0.3, 0.4) is 0 Å². The van der Waals surface area contributed by atoms with E-state index in [-0.39, 0.29) is 39.9 Å². The molecule has 0 saturated heterocycles. The van der Waals surface area contributed by atoms with Gasteiger partial charge in [0.05, 0.1) is 24.0 Å². The minimum Gasteiger partial charge on any atom is -0.226 e. The van der Waals surface area contributed by atoms with Crippen LogP contribution in [0.25, 0.3) is 44.1 Å². The topological polar surface area (TPSA) is 127 Å².